The Morgan fingerprint density at radius 3 is 2.38 bits per heavy atom. The van der Waals surface area contributed by atoms with Gasteiger partial charge in [-0.1, -0.05) is 0 Å². The van der Waals surface area contributed by atoms with Gasteiger partial charge in [-0.15, -0.1) is 0 Å². The van der Waals surface area contributed by atoms with Gasteiger partial charge >= 0.3 is 176 Å². The van der Waals surface area contributed by atoms with Gasteiger partial charge in [0.25, 0.3) is 0 Å². The zero-order valence-corrected chi connectivity index (χ0v) is 17.7. The van der Waals surface area contributed by atoms with Crippen LogP contribution in [-0.2, 0) is 0 Å². The third-order valence-electron chi connectivity index (χ3n) is 5.07. The summed E-state index contributed by atoms with van der Waals surface area (Å²) in [5.74, 6) is 0.869. The van der Waals surface area contributed by atoms with E-state index in [1.54, 1.807) is 7.11 Å². The molecule has 0 amide bonds. The molecule has 0 aliphatic heterocycles. The molecule has 5 aromatic rings. The number of aromatic nitrogens is 1. The Kier molecular flexibility index (Phi) is 4.77. The van der Waals surface area contributed by atoms with Crippen molar-refractivity contribution in [2.24, 2.45) is 0 Å². The number of fused-ring (bicyclic) bond motifs is 3. The van der Waals surface area contributed by atoms with Gasteiger partial charge in [0, 0.05) is 0 Å². The number of pyridine rings is 1. The Labute approximate surface area is 176 Å². The minimum absolute atomic E-state index is 0.152. The van der Waals surface area contributed by atoms with E-state index in [4.69, 9.17) is 9.72 Å². The van der Waals surface area contributed by atoms with Gasteiger partial charge in [0.15, 0.2) is 0 Å². The van der Waals surface area contributed by atoms with Crippen LogP contribution in [0.3, 0.4) is 0 Å². The van der Waals surface area contributed by atoms with Gasteiger partial charge in [-0.05, 0) is 0 Å². The Morgan fingerprint density at radius 2 is 1.52 bits per heavy atom. The van der Waals surface area contributed by atoms with Crippen LogP contribution < -0.4 is 13.7 Å². The van der Waals surface area contributed by atoms with Crippen LogP contribution in [0, 0.1) is 0 Å². The number of hydrogen-bond acceptors (Lipinski definition) is 2. The van der Waals surface area contributed by atoms with Gasteiger partial charge in [0.05, 0.1) is 0 Å². The van der Waals surface area contributed by atoms with Gasteiger partial charge in [0.1, 0.15) is 0 Å². The molecule has 29 heavy (non-hydrogen) atoms. The van der Waals surface area contributed by atoms with Crippen LogP contribution >= 0.6 is 0 Å². The summed E-state index contributed by atoms with van der Waals surface area (Å²) in [7, 11) is 1.74. The molecule has 1 heterocycles. The zero-order chi connectivity index (χ0) is 19.6. The number of benzene rings is 4. The summed E-state index contributed by atoms with van der Waals surface area (Å²) in [5.41, 5.74) is 2.09. The molecule has 140 valence electrons. The predicted octanol–water partition coefficient (Wildman–Crippen LogP) is 4.72. The van der Waals surface area contributed by atoms with E-state index < -0.39 is 0 Å². The first-order chi connectivity index (χ1) is 14.3. The quantitative estimate of drug-likeness (QED) is 0.298. The van der Waals surface area contributed by atoms with Gasteiger partial charge in [-0.3, -0.25) is 0 Å². The molecule has 3 heteroatoms. The second-order valence-electron chi connectivity index (χ2n) is 6.79. The molecular weight excluding hydrogens is 421 g/mol. The fraction of sp³-hybridized carbons (Fsp3) is 0.0385. The number of nitrogens with zero attached hydrogens (tertiary/aromatic N) is 1. The molecule has 0 saturated heterocycles. The third-order valence-corrected chi connectivity index (χ3v) is 7.31. The molecule has 4 aromatic carbocycles. The molecule has 0 unspecified atom stereocenters. The Bertz CT molecular complexity index is 1310. The van der Waals surface area contributed by atoms with Crippen LogP contribution in [0.4, 0.5) is 0 Å². The molecule has 0 aliphatic rings. The average molecular weight is 440 g/mol. The fourth-order valence-corrected chi connectivity index (χ4v) is 5.84. The molecule has 0 aliphatic carbocycles. The summed E-state index contributed by atoms with van der Waals surface area (Å²) < 4.78 is 8.42. The molecule has 0 fully saturated rings. The van der Waals surface area contributed by atoms with Crippen molar-refractivity contribution in [3.05, 3.63) is 97.2 Å². The Morgan fingerprint density at radius 1 is 0.724 bits per heavy atom. The van der Waals surface area contributed by atoms with Crippen molar-refractivity contribution in [1.29, 1.82) is 0 Å². The molecule has 0 atom stereocenters. The number of rotatable bonds is 4. The molecule has 1 aromatic heterocycles. The summed E-state index contributed by atoms with van der Waals surface area (Å²) in [5, 5.41) is 4.81. The van der Waals surface area contributed by atoms with Crippen LogP contribution in [0.15, 0.2) is 97.2 Å². The zero-order valence-electron chi connectivity index (χ0n) is 16.0. The number of ether oxygens (including phenoxy) is 1. The second-order valence-corrected chi connectivity index (χ2v) is 9.13. The molecule has 0 bridgehead atoms. The molecular formula is C26H19NOSe. The first-order valence-corrected chi connectivity index (χ1v) is 11.2. The first-order valence-electron chi connectivity index (χ1n) is 9.52. The Hall–Kier alpha value is -3.13. The maximum atomic E-state index is 5.81. The summed E-state index contributed by atoms with van der Waals surface area (Å²) in [6.07, 6.45) is 1.90. The summed E-state index contributed by atoms with van der Waals surface area (Å²) in [6.45, 7) is 0. The normalized spacial score (nSPS) is 11.1. The van der Waals surface area contributed by atoms with E-state index in [1.807, 2.05) is 12.3 Å². The second kappa shape index (κ2) is 7.71. The van der Waals surface area contributed by atoms with E-state index >= 15 is 0 Å². The van der Waals surface area contributed by atoms with Crippen LogP contribution in [0.25, 0.3) is 32.8 Å². The standard InChI is InChI=1S/C26H19NOSe/c1-28-22-12-7-13-23(29-20-9-3-2-4-10-20)25(22)26-24-19(16-17-27-26)15-14-18-8-5-6-11-21(18)24/h2-17H,1H3. The monoisotopic (exact) mass is 441 g/mol. The van der Waals surface area contributed by atoms with Crippen molar-refractivity contribution >= 4 is 45.4 Å². The van der Waals surface area contributed by atoms with Crippen LogP contribution in [0.5, 0.6) is 5.75 Å². The molecule has 0 radical (unpaired) electrons. The van der Waals surface area contributed by atoms with E-state index in [2.05, 4.69) is 84.9 Å². The van der Waals surface area contributed by atoms with Crippen molar-refractivity contribution in [2.75, 3.05) is 7.11 Å². The van der Waals surface area contributed by atoms with Crippen molar-refractivity contribution in [3.63, 3.8) is 0 Å². The maximum absolute atomic E-state index is 5.81. The van der Waals surface area contributed by atoms with Gasteiger partial charge in [-0.2, -0.15) is 0 Å². The predicted molar refractivity (Wildman–Crippen MR) is 123 cm³/mol. The van der Waals surface area contributed by atoms with Crippen LogP contribution in [0.1, 0.15) is 0 Å². The molecule has 0 saturated carbocycles. The van der Waals surface area contributed by atoms with Crippen molar-refractivity contribution in [2.45, 2.75) is 0 Å². The van der Waals surface area contributed by atoms with Gasteiger partial charge in [-0.25, -0.2) is 0 Å². The topological polar surface area (TPSA) is 22.1 Å². The number of hydrogen-bond donors (Lipinski definition) is 0. The molecule has 0 N–H and O–H groups in total. The third kappa shape index (κ3) is 3.29. The average Bonchev–Trinajstić information content (AvgIpc) is 2.79. The van der Waals surface area contributed by atoms with Crippen LogP contribution in [-0.4, -0.2) is 27.1 Å². The molecule has 0 spiro atoms. The first kappa shape index (κ1) is 17.9. The van der Waals surface area contributed by atoms with E-state index in [0.29, 0.717) is 0 Å². The molecule has 5 rings (SSSR count). The summed E-state index contributed by atoms with van der Waals surface area (Å²) in [6, 6.07) is 31.9. The SMILES string of the molecule is COc1cccc([Se]c2ccccc2)c1-c1nccc2ccc3ccccc3c12. The summed E-state index contributed by atoms with van der Waals surface area (Å²) >= 11 is 0.152. The van der Waals surface area contributed by atoms with Gasteiger partial charge in [0.2, 0.25) is 0 Å². The van der Waals surface area contributed by atoms with Crippen molar-refractivity contribution < 1.29 is 4.74 Å². The number of methoxy groups -OCH3 is 1. The fourth-order valence-electron chi connectivity index (χ4n) is 3.75. The minimum atomic E-state index is 0.152. The van der Waals surface area contributed by atoms with E-state index in [1.165, 1.54) is 30.5 Å². The Balaban J connectivity index is 1.82. The van der Waals surface area contributed by atoms with Crippen LogP contribution in [0.2, 0.25) is 0 Å². The van der Waals surface area contributed by atoms with Gasteiger partial charge < -0.3 is 0 Å². The van der Waals surface area contributed by atoms with E-state index in [0.717, 1.165) is 17.0 Å². The van der Waals surface area contributed by atoms with Crippen molar-refractivity contribution in [1.82, 2.24) is 4.98 Å². The van der Waals surface area contributed by atoms with E-state index in [-0.39, 0.29) is 15.0 Å². The summed E-state index contributed by atoms with van der Waals surface area (Å²) in [4.78, 5) is 4.87. The molecule has 2 nitrogen and oxygen atoms in total. The van der Waals surface area contributed by atoms with Crippen molar-refractivity contribution in [3.8, 4) is 17.0 Å². The van der Waals surface area contributed by atoms with E-state index in [9.17, 15) is 0 Å².